The number of phenols is 1. The van der Waals surface area contributed by atoms with Crippen LogP contribution in [-0.4, -0.2) is 27.6 Å². The molecule has 0 spiro atoms. The number of aryl methyl sites for hydroxylation is 1. The Morgan fingerprint density at radius 3 is 2.83 bits per heavy atom. The number of rotatable bonds is 4. The number of methoxy groups -OCH3 is 1. The largest absolute Gasteiger partial charge is 0.507 e. The molecule has 0 atom stereocenters. The van der Waals surface area contributed by atoms with Crippen molar-refractivity contribution in [2.45, 2.75) is 13.5 Å². The fraction of sp³-hybridized carbons (Fsp3) is 0.176. The molecule has 1 N–H and O–H groups in total. The summed E-state index contributed by atoms with van der Waals surface area (Å²) in [7, 11) is 1.48. The number of pyridine rings is 1. The molecule has 118 valence electrons. The summed E-state index contributed by atoms with van der Waals surface area (Å²) < 4.78 is 12.1. The van der Waals surface area contributed by atoms with Gasteiger partial charge in [0.05, 0.1) is 12.8 Å². The molecule has 0 aliphatic rings. The van der Waals surface area contributed by atoms with Crippen LogP contribution in [0.15, 0.2) is 42.7 Å². The van der Waals surface area contributed by atoms with Crippen molar-refractivity contribution in [1.29, 1.82) is 0 Å². The molecular weight excluding hydrogens is 296 g/mol. The van der Waals surface area contributed by atoms with Crippen LogP contribution in [0.25, 0.3) is 5.65 Å². The zero-order valence-electron chi connectivity index (χ0n) is 12.8. The smallest absolute Gasteiger partial charge is 0.342 e. The van der Waals surface area contributed by atoms with Crippen LogP contribution in [0.5, 0.6) is 11.5 Å². The van der Waals surface area contributed by atoms with Gasteiger partial charge in [0.2, 0.25) is 0 Å². The second kappa shape index (κ2) is 6.00. The number of aromatic nitrogens is 2. The van der Waals surface area contributed by atoms with Crippen molar-refractivity contribution in [2.24, 2.45) is 0 Å². The zero-order valence-corrected chi connectivity index (χ0v) is 12.8. The summed E-state index contributed by atoms with van der Waals surface area (Å²) in [5, 5.41) is 9.83. The molecule has 0 fully saturated rings. The van der Waals surface area contributed by atoms with Gasteiger partial charge in [0, 0.05) is 18.5 Å². The predicted octanol–water partition coefficient (Wildman–Crippen LogP) is 2.71. The van der Waals surface area contributed by atoms with E-state index in [0.29, 0.717) is 11.4 Å². The third-order valence-corrected chi connectivity index (χ3v) is 3.42. The fourth-order valence-electron chi connectivity index (χ4n) is 2.25. The maximum Gasteiger partial charge on any atom is 0.342 e. The van der Waals surface area contributed by atoms with E-state index in [1.807, 2.05) is 35.9 Å². The molecular formula is C17H16N2O4. The van der Waals surface area contributed by atoms with E-state index in [4.69, 9.17) is 9.47 Å². The van der Waals surface area contributed by atoms with Gasteiger partial charge in [-0.2, -0.15) is 0 Å². The number of aromatic hydroxyl groups is 1. The average molecular weight is 312 g/mol. The molecule has 6 heteroatoms. The molecule has 0 aliphatic carbocycles. The highest BCUT2D eigenvalue weighted by molar-refractivity contribution is 5.92. The highest BCUT2D eigenvalue weighted by atomic mass is 16.5. The third-order valence-electron chi connectivity index (χ3n) is 3.42. The van der Waals surface area contributed by atoms with Crippen LogP contribution in [0.1, 0.15) is 21.6 Å². The molecule has 3 rings (SSSR count). The molecule has 0 saturated heterocycles. The summed E-state index contributed by atoms with van der Waals surface area (Å²) in [5.41, 5.74) is 2.62. The first-order chi connectivity index (χ1) is 11.1. The number of esters is 1. The van der Waals surface area contributed by atoms with Gasteiger partial charge in [0.25, 0.3) is 0 Å². The first-order valence-corrected chi connectivity index (χ1v) is 7.05. The molecule has 3 aromatic rings. The van der Waals surface area contributed by atoms with Crippen LogP contribution in [0.2, 0.25) is 0 Å². The summed E-state index contributed by atoms with van der Waals surface area (Å²) in [6.45, 7) is 2.02. The normalized spacial score (nSPS) is 10.7. The molecule has 2 heterocycles. The van der Waals surface area contributed by atoms with Gasteiger partial charge in [0.15, 0.2) is 0 Å². The van der Waals surface area contributed by atoms with Crippen LogP contribution >= 0.6 is 0 Å². The Morgan fingerprint density at radius 2 is 2.09 bits per heavy atom. The second-order valence-electron chi connectivity index (χ2n) is 5.16. The van der Waals surface area contributed by atoms with E-state index in [9.17, 15) is 9.90 Å². The Hall–Kier alpha value is -3.02. The lowest BCUT2D eigenvalue weighted by atomic mass is 10.2. The average Bonchev–Trinajstić information content (AvgIpc) is 2.94. The minimum atomic E-state index is -0.613. The Balaban J connectivity index is 1.72. The molecule has 2 aromatic heterocycles. The fourth-order valence-corrected chi connectivity index (χ4v) is 2.25. The van der Waals surface area contributed by atoms with Crippen LogP contribution < -0.4 is 4.74 Å². The lowest BCUT2D eigenvalue weighted by Crippen LogP contribution is -2.05. The van der Waals surface area contributed by atoms with Gasteiger partial charge in [-0.1, -0.05) is 6.07 Å². The van der Waals surface area contributed by atoms with E-state index in [2.05, 4.69) is 4.98 Å². The number of carbonyl (C=O) groups excluding carboxylic acids is 1. The quantitative estimate of drug-likeness (QED) is 0.750. The standard InChI is InChI=1S/C17H16N2O4/c1-11-3-6-16-18-12(9-19(16)8-11)10-23-17(21)14-5-4-13(22-2)7-15(14)20/h3-9,20H,10H2,1-2H3. The maximum absolute atomic E-state index is 12.1. The molecule has 6 nitrogen and oxygen atoms in total. The van der Waals surface area contributed by atoms with Gasteiger partial charge in [-0.3, -0.25) is 0 Å². The second-order valence-corrected chi connectivity index (χ2v) is 5.16. The van der Waals surface area contributed by atoms with Crippen LogP contribution in [0, 0.1) is 6.92 Å². The lowest BCUT2D eigenvalue weighted by molar-refractivity contribution is 0.0465. The summed E-state index contributed by atoms with van der Waals surface area (Å²) in [6.07, 6.45) is 3.76. The van der Waals surface area contributed by atoms with Crippen molar-refractivity contribution in [3.8, 4) is 11.5 Å². The molecule has 0 amide bonds. The number of phenolic OH excluding ortho intramolecular Hbond substituents is 1. The third kappa shape index (κ3) is 3.11. The summed E-state index contributed by atoms with van der Waals surface area (Å²) >= 11 is 0. The molecule has 0 radical (unpaired) electrons. The molecule has 23 heavy (non-hydrogen) atoms. The number of fused-ring (bicyclic) bond motifs is 1. The van der Waals surface area contributed by atoms with E-state index in [-0.39, 0.29) is 17.9 Å². The van der Waals surface area contributed by atoms with E-state index in [1.54, 1.807) is 6.07 Å². The van der Waals surface area contributed by atoms with Crippen molar-refractivity contribution in [3.63, 3.8) is 0 Å². The van der Waals surface area contributed by atoms with Crippen LogP contribution in [0.3, 0.4) is 0 Å². The number of imidazole rings is 1. The first-order valence-electron chi connectivity index (χ1n) is 7.05. The maximum atomic E-state index is 12.1. The topological polar surface area (TPSA) is 73.1 Å². The Morgan fingerprint density at radius 1 is 1.26 bits per heavy atom. The van der Waals surface area contributed by atoms with Crippen molar-refractivity contribution >= 4 is 11.6 Å². The molecule has 1 aromatic carbocycles. The molecule has 0 bridgehead atoms. The van der Waals surface area contributed by atoms with Gasteiger partial charge in [-0.15, -0.1) is 0 Å². The number of hydrogen-bond donors (Lipinski definition) is 1. The minimum absolute atomic E-state index is 0.0328. The number of carbonyl (C=O) groups is 1. The van der Waals surface area contributed by atoms with Crippen molar-refractivity contribution < 1.29 is 19.4 Å². The van der Waals surface area contributed by atoms with Gasteiger partial charge in [-0.05, 0) is 30.7 Å². The number of benzene rings is 1. The number of nitrogens with zero attached hydrogens (tertiary/aromatic N) is 2. The van der Waals surface area contributed by atoms with E-state index < -0.39 is 5.97 Å². The highest BCUT2D eigenvalue weighted by Gasteiger charge is 2.14. The minimum Gasteiger partial charge on any atom is -0.507 e. The predicted molar refractivity (Wildman–Crippen MR) is 83.7 cm³/mol. The van der Waals surface area contributed by atoms with Gasteiger partial charge in [0.1, 0.15) is 29.3 Å². The van der Waals surface area contributed by atoms with Crippen molar-refractivity contribution in [2.75, 3.05) is 7.11 Å². The summed E-state index contributed by atoms with van der Waals surface area (Å²) in [4.78, 5) is 16.4. The molecule has 0 aliphatic heterocycles. The SMILES string of the molecule is COc1ccc(C(=O)OCc2cn3cc(C)ccc3n2)c(O)c1. The Labute approximate surface area is 132 Å². The first kappa shape index (κ1) is 14.9. The van der Waals surface area contributed by atoms with Gasteiger partial charge >= 0.3 is 5.97 Å². The van der Waals surface area contributed by atoms with Gasteiger partial charge in [-0.25, -0.2) is 9.78 Å². The lowest BCUT2D eigenvalue weighted by Gasteiger charge is -2.06. The number of hydrogen-bond acceptors (Lipinski definition) is 5. The Kier molecular flexibility index (Phi) is 3.89. The summed E-state index contributed by atoms with van der Waals surface area (Å²) in [5.74, 6) is -0.326. The monoisotopic (exact) mass is 312 g/mol. The van der Waals surface area contributed by atoms with Gasteiger partial charge < -0.3 is 19.0 Å². The van der Waals surface area contributed by atoms with Crippen molar-refractivity contribution in [3.05, 3.63) is 59.5 Å². The van der Waals surface area contributed by atoms with Crippen molar-refractivity contribution in [1.82, 2.24) is 9.38 Å². The molecule has 0 saturated carbocycles. The Bertz CT molecular complexity index is 870. The molecule has 0 unspecified atom stereocenters. The van der Waals surface area contributed by atoms with Crippen LogP contribution in [-0.2, 0) is 11.3 Å². The number of ether oxygens (including phenoxy) is 2. The van der Waals surface area contributed by atoms with Crippen LogP contribution in [0.4, 0.5) is 0 Å². The van der Waals surface area contributed by atoms with E-state index >= 15 is 0 Å². The van der Waals surface area contributed by atoms with E-state index in [0.717, 1.165) is 11.2 Å². The highest BCUT2D eigenvalue weighted by Crippen LogP contribution is 2.24. The van der Waals surface area contributed by atoms with E-state index in [1.165, 1.54) is 19.2 Å². The summed E-state index contributed by atoms with van der Waals surface area (Å²) in [6, 6.07) is 8.28. The zero-order chi connectivity index (χ0) is 16.4.